The van der Waals surface area contributed by atoms with Crippen LogP contribution in [0, 0.1) is 0 Å². The van der Waals surface area contributed by atoms with Crippen LogP contribution in [-0.4, -0.2) is 15.7 Å². The van der Waals surface area contributed by atoms with E-state index in [0.29, 0.717) is 24.7 Å². The van der Waals surface area contributed by atoms with Gasteiger partial charge in [-0.1, -0.05) is 17.7 Å². The number of nitrogens with zero attached hydrogens (tertiary/aromatic N) is 2. The lowest BCUT2D eigenvalue weighted by atomic mass is 10.3. The molecular weight excluding hydrogens is 250 g/mol. The molecule has 0 spiro atoms. The summed E-state index contributed by atoms with van der Waals surface area (Å²) in [6, 6.07) is 7.54. The molecule has 2 aromatic rings. The molecule has 0 bridgehead atoms. The smallest absolute Gasteiger partial charge is 0.328 e. The first-order valence-corrected chi connectivity index (χ1v) is 6.33. The van der Waals surface area contributed by atoms with Crippen LogP contribution in [0.1, 0.15) is 6.92 Å². The fraction of sp³-hybridized carbons (Fsp3) is 0.308. The van der Waals surface area contributed by atoms with Crippen molar-refractivity contribution in [2.75, 3.05) is 11.9 Å². The molecule has 0 saturated carbocycles. The van der Waals surface area contributed by atoms with E-state index in [1.54, 1.807) is 9.13 Å². The third kappa shape index (κ3) is 2.96. The Labute approximate surface area is 111 Å². The number of hydrogen-bond acceptors (Lipinski definition) is 2. The zero-order valence-electron chi connectivity index (χ0n) is 10.3. The molecule has 18 heavy (non-hydrogen) atoms. The lowest BCUT2D eigenvalue weighted by Gasteiger charge is -2.06. The fourth-order valence-corrected chi connectivity index (χ4v) is 1.97. The van der Waals surface area contributed by atoms with Crippen molar-refractivity contribution in [1.82, 2.24) is 9.13 Å². The molecule has 2 rings (SSSR count). The first-order chi connectivity index (χ1) is 8.70. The number of rotatable bonds is 5. The van der Waals surface area contributed by atoms with Gasteiger partial charge in [-0.15, -0.1) is 0 Å². The van der Waals surface area contributed by atoms with E-state index in [9.17, 15) is 4.79 Å². The maximum absolute atomic E-state index is 11.8. The summed E-state index contributed by atoms with van der Waals surface area (Å²) in [7, 11) is 0. The Bertz CT molecular complexity index is 574. The highest BCUT2D eigenvalue weighted by molar-refractivity contribution is 6.30. The normalized spacial score (nSPS) is 10.6. The Morgan fingerprint density at radius 3 is 2.72 bits per heavy atom. The average molecular weight is 266 g/mol. The molecule has 0 aliphatic carbocycles. The van der Waals surface area contributed by atoms with E-state index in [-0.39, 0.29) is 5.69 Å². The molecule has 1 heterocycles. The Morgan fingerprint density at radius 1 is 1.28 bits per heavy atom. The van der Waals surface area contributed by atoms with Gasteiger partial charge >= 0.3 is 5.69 Å². The summed E-state index contributed by atoms with van der Waals surface area (Å²) in [4.78, 5) is 11.8. The van der Waals surface area contributed by atoms with Gasteiger partial charge in [0.15, 0.2) is 0 Å². The van der Waals surface area contributed by atoms with Crippen molar-refractivity contribution in [2.24, 2.45) is 0 Å². The van der Waals surface area contributed by atoms with Crippen LogP contribution in [0.5, 0.6) is 0 Å². The van der Waals surface area contributed by atoms with Crippen molar-refractivity contribution in [3.63, 3.8) is 0 Å². The Balaban J connectivity index is 1.92. The second-order valence-corrected chi connectivity index (χ2v) is 4.43. The summed E-state index contributed by atoms with van der Waals surface area (Å²) < 4.78 is 3.38. The van der Waals surface area contributed by atoms with Crippen LogP contribution >= 0.6 is 11.6 Å². The van der Waals surface area contributed by atoms with Crippen LogP contribution in [0.2, 0.25) is 5.02 Å². The number of halogens is 1. The van der Waals surface area contributed by atoms with E-state index >= 15 is 0 Å². The third-order valence-corrected chi connectivity index (χ3v) is 3.00. The highest BCUT2D eigenvalue weighted by Gasteiger charge is 2.00. The maximum atomic E-state index is 11.8. The summed E-state index contributed by atoms with van der Waals surface area (Å²) in [6.07, 6.45) is 3.62. The number of aromatic nitrogens is 2. The maximum Gasteiger partial charge on any atom is 0.328 e. The van der Waals surface area contributed by atoms with Crippen LogP contribution in [0.3, 0.4) is 0 Å². The standard InChI is InChI=1S/C13H16ClN3O/c1-2-16-8-9-17(13(16)18)7-6-15-12-5-3-4-11(14)10-12/h3-5,8-10,15H,2,6-7H2,1H3. The molecule has 1 aromatic carbocycles. The minimum absolute atomic E-state index is 0.0328. The number of aryl methyl sites for hydroxylation is 1. The fourth-order valence-electron chi connectivity index (χ4n) is 1.78. The largest absolute Gasteiger partial charge is 0.383 e. The van der Waals surface area contributed by atoms with Gasteiger partial charge in [-0.2, -0.15) is 0 Å². The van der Waals surface area contributed by atoms with Crippen LogP contribution in [0.25, 0.3) is 0 Å². The monoisotopic (exact) mass is 265 g/mol. The van der Waals surface area contributed by atoms with Gasteiger partial charge in [0.05, 0.1) is 0 Å². The number of imidazole rings is 1. The molecular formula is C13H16ClN3O. The summed E-state index contributed by atoms with van der Waals surface area (Å²) in [5.74, 6) is 0. The van der Waals surface area contributed by atoms with Crippen molar-refractivity contribution in [2.45, 2.75) is 20.0 Å². The quantitative estimate of drug-likeness (QED) is 0.902. The minimum Gasteiger partial charge on any atom is -0.383 e. The molecule has 1 aromatic heterocycles. The second-order valence-electron chi connectivity index (χ2n) is 4.00. The third-order valence-electron chi connectivity index (χ3n) is 2.77. The second kappa shape index (κ2) is 5.78. The molecule has 0 aliphatic rings. The van der Waals surface area contributed by atoms with Gasteiger partial charge < -0.3 is 5.32 Å². The van der Waals surface area contributed by atoms with Gasteiger partial charge in [-0.3, -0.25) is 9.13 Å². The predicted octanol–water partition coefficient (Wildman–Crippen LogP) is 2.44. The number of anilines is 1. The zero-order valence-corrected chi connectivity index (χ0v) is 11.0. The Hall–Kier alpha value is -1.68. The Morgan fingerprint density at radius 2 is 2.06 bits per heavy atom. The van der Waals surface area contributed by atoms with Crippen LogP contribution in [-0.2, 0) is 13.1 Å². The molecule has 96 valence electrons. The van der Waals surface area contributed by atoms with E-state index < -0.39 is 0 Å². The molecule has 0 unspecified atom stereocenters. The molecule has 0 radical (unpaired) electrons. The van der Waals surface area contributed by atoms with Crippen molar-refractivity contribution in [3.8, 4) is 0 Å². The van der Waals surface area contributed by atoms with Gasteiger partial charge in [-0.25, -0.2) is 4.79 Å². The molecule has 0 fully saturated rings. The van der Waals surface area contributed by atoms with Gasteiger partial charge in [0.1, 0.15) is 0 Å². The molecule has 5 heteroatoms. The lowest BCUT2D eigenvalue weighted by Crippen LogP contribution is -2.25. The van der Waals surface area contributed by atoms with E-state index in [0.717, 1.165) is 5.69 Å². The van der Waals surface area contributed by atoms with E-state index in [2.05, 4.69) is 5.32 Å². The summed E-state index contributed by atoms with van der Waals surface area (Å²) in [6.45, 7) is 3.98. The van der Waals surface area contributed by atoms with Crippen molar-refractivity contribution in [3.05, 3.63) is 52.2 Å². The van der Waals surface area contributed by atoms with Gasteiger partial charge in [-0.05, 0) is 25.1 Å². The molecule has 4 nitrogen and oxygen atoms in total. The predicted molar refractivity (Wildman–Crippen MR) is 74.3 cm³/mol. The first-order valence-electron chi connectivity index (χ1n) is 5.95. The number of benzene rings is 1. The summed E-state index contributed by atoms with van der Waals surface area (Å²) >= 11 is 5.89. The van der Waals surface area contributed by atoms with E-state index in [4.69, 9.17) is 11.6 Å². The molecule has 1 N–H and O–H groups in total. The number of hydrogen-bond donors (Lipinski definition) is 1. The lowest BCUT2D eigenvalue weighted by molar-refractivity contribution is 0.642. The summed E-state index contributed by atoms with van der Waals surface area (Å²) in [5.41, 5.74) is 0.996. The Kier molecular flexibility index (Phi) is 4.10. The number of nitrogens with one attached hydrogen (secondary N) is 1. The molecule has 0 aliphatic heterocycles. The molecule has 0 amide bonds. The SMILES string of the molecule is CCn1ccn(CCNc2cccc(Cl)c2)c1=O. The van der Waals surface area contributed by atoms with Crippen LogP contribution in [0.4, 0.5) is 5.69 Å². The van der Waals surface area contributed by atoms with Crippen molar-refractivity contribution in [1.29, 1.82) is 0 Å². The minimum atomic E-state index is 0.0328. The summed E-state index contributed by atoms with van der Waals surface area (Å²) in [5, 5.41) is 3.94. The van der Waals surface area contributed by atoms with Crippen molar-refractivity contribution < 1.29 is 0 Å². The highest BCUT2D eigenvalue weighted by Crippen LogP contribution is 2.14. The van der Waals surface area contributed by atoms with Crippen LogP contribution in [0.15, 0.2) is 41.5 Å². The molecule has 0 atom stereocenters. The molecule has 0 saturated heterocycles. The van der Waals surface area contributed by atoms with Gasteiger partial charge in [0.2, 0.25) is 0 Å². The van der Waals surface area contributed by atoms with E-state index in [1.165, 1.54) is 0 Å². The topological polar surface area (TPSA) is 39.0 Å². The van der Waals surface area contributed by atoms with Gasteiger partial charge in [0, 0.05) is 42.7 Å². The highest BCUT2D eigenvalue weighted by atomic mass is 35.5. The first kappa shape index (κ1) is 12.8. The van der Waals surface area contributed by atoms with Gasteiger partial charge in [0.25, 0.3) is 0 Å². The zero-order chi connectivity index (χ0) is 13.0. The van der Waals surface area contributed by atoms with Crippen LogP contribution < -0.4 is 11.0 Å². The van der Waals surface area contributed by atoms with Crippen molar-refractivity contribution >= 4 is 17.3 Å². The average Bonchev–Trinajstić information content (AvgIpc) is 2.71. The van der Waals surface area contributed by atoms with E-state index in [1.807, 2.05) is 43.6 Å².